The lowest BCUT2D eigenvalue weighted by atomic mass is 9.98. The summed E-state index contributed by atoms with van der Waals surface area (Å²) in [6, 6.07) is 13.9. The molecular weight excluding hydrogens is 444 g/mol. The number of aromatic nitrogens is 4. The molecule has 2 aromatic heterocycles. The van der Waals surface area contributed by atoms with Crippen molar-refractivity contribution in [3.8, 4) is 22.5 Å². The lowest BCUT2D eigenvalue weighted by molar-refractivity contribution is -0.125. The molecular formula is C26H26N6O3. The van der Waals surface area contributed by atoms with Crippen molar-refractivity contribution >= 4 is 28.5 Å². The zero-order valence-electron chi connectivity index (χ0n) is 19.4. The van der Waals surface area contributed by atoms with Crippen LogP contribution in [0.15, 0.2) is 54.9 Å². The molecule has 1 atom stereocenters. The fourth-order valence-corrected chi connectivity index (χ4v) is 4.10. The van der Waals surface area contributed by atoms with Gasteiger partial charge in [0.15, 0.2) is 11.6 Å². The van der Waals surface area contributed by atoms with Crippen molar-refractivity contribution in [3.05, 3.63) is 60.4 Å². The molecule has 9 heteroatoms. The van der Waals surface area contributed by atoms with Gasteiger partial charge in [-0.05, 0) is 35.7 Å². The van der Waals surface area contributed by atoms with Crippen LogP contribution in [0.5, 0.6) is 0 Å². The molecule has 4 aromatic rings. The molecule has 0 bridgehead atoms. The second kappa shape index (κ2) is 9.73. The number of morpholine rings is 1. The summed E-state index contributed by atoms with van der Waals surface area (Å²) in [6.07, 6.45) is 2.45. The van der Waals surface area contributed by atoms with Gasteiger partial charge in [-0.2, -0.15) is 0 Å². The summed E-state index contributed by atoms with van der Waals surface area (Å²) in [5.74, 6) is 1.35. The Morgan fingerprint density at radius 1 is 1.06 bits per heavy atom. The van der Waals surface area contributed by atoms with Crippen LogP contribution >= 0.6 is 0 Å². The van der Waals surface area contributed by atoms with Crippen molar-refractivity contribution in [2.24, 2.45) is 0 Å². The average Bonchev–Trinajstić information content (AvgIpc) is 2.88. The number of ketones is 1. The Kier molecular flexibility index (Phi) is 6.35. The lowest BCUT2D eigenvalue weighted by Gasteiger charge is -2.29. The number of carbonyl (C=O) groups is 1. The van der Waals surface area contributed by atoms with Crippen LogP contribution in [-0.4, -0.2) is 63.2 Å². The number of nitrogens with zero attached hydrogens (tertiary/aromatic N) is 5. The summed E-state index contributed by atoms with van der Waals surface area (Å²) in [6.45, 7) is 4.25. The highest BCUT2D eigenvalue weighted by Crippen LogP contribution is 2.31. The Hall–Kier alpha value is -3.95. The van der Waals surface area contributed by atoms with Gasteiger partial charge >= 0.3 is 0 Å². The predicted molar refractivity (Wildman–Crippen MR) is 134 cm³/mol. The smallest absolute Gasteiger partial charge is 0.219 e. The largest absolute Gasteiger partial charge is 0.386 e. The molecule has 1 aliphatic rings. The maximum atomic E-state index is 12.0. The number of hydrogen-bond acceptors (Lipinski definition) is 9. The normalized spacial score (nSPS) is 14.7. The molecule has 0 spiro atoms. The minimum Gasteiger partial charge on any atom is -0.386 e. The third-order valence-corrected chi connectivity index (χ3v) is 6.02. The number of Topliss-reactive ketones (excluding diaryl/α,β-unsaturated/α-hetero) is 1. The number of aliphatic hydroxyl groups excluding tert-OH is 1. The van der Waals surface area contributed by atoms with Gasteiger partial charge in [-0.15, -0.1) is 0 Å². The first-order valence-electron chi connectivity index (χ1n) is 11.5. The van der Waals surface area contributed by atoms with Gasteiger partial charge in [0.25, 0.3) is 0 Å². The number of fused-ring (bicyclic) bond motifs is 1. The molecule has 178 valence electrons. The number of hydrogen-bond donors (Lipinski definition) is 2. The number of nitrogen functional groups attached to an aromatic ring is 1. The third-order valence-electron chi connectivity index (χ3n) is 6.02. The van der Waals surface area contributed by atoms with E-state index in [2.05, 4.69) is 14.9 Å². The van der Waals surface area contributed by atoms with E-state index in [0.29, 0.717) is 24.6 Å². The van der Waals surface area contributed by atoms with Crippen LogP contribution in [-0.2, 0) is 16.0 Å². The first-order chi connectivity index (χ1) is 17.0. The summed E-state index contributed by atoms with van der Waals surface area (Å²) in [5.41, 5.74) is 9.92. The number of ether oxygens (including phenoxy) is 1. The van der Waals surface area contributed by atoms with Crippen molar-refractivity contribution in [1.82, 2.24) is 19.9 Å². The zero-order valence-corrected chi connectivity index (χ0v) is 19.4. The molecule has 0 saturated carbocycles. The van der Waals surface area contributed by atoms with E-state index in [-0.39, 0.29) is 18.2 Å². The van der Waals surface area contributed by atoms with Gasteiger partial charge in [0.2, 0.25) is 5.95 Å². The Labute approximate surface area is 202 Å². The quantitative estimate of drug-likeness (QED) is 0.437. The Morgan fingerprint density at radius 3 is 2.54 bits per heavy atom. The molecule has 0 amide bonds. The molecule has 3 N–H and O–H groups in total. The maximum absolute atomic E-state index is 12.0. The number of nitrogens with two attached hydrogens (primary N) is 1. The van der Waals surface area contributed by atoms with Gasteiger partial charge in [-0.25, -0.2) is 19.9 Å². The van der Waals surface area contributed by atoms with E-state index in [1.165, 1.54) is 6.92 Å². The molecule has 0 radical (unpaired) electrons. The first-order valence-corrected chi connectivity index (χ1v) is 11.5. The third kappa shape index (κ3) is 4.96. The van der Waals surface area contributed by atoms with Crippen molar-refractivity contribution < 1.29 is 14.6 Å². The number of rotatable bonds is 6. The Morgan fingerprint density at radius 2 is 1.80 bits per heavy atom. The van der Waals surface area contributed by atoms with Crippen LogP contribution in [0.4, 0.5) is 11.8 Å². The van der Waals surface area contributed by atoms with Crippen molar-refractivity contribution in [1.29, 1.82) is 0 Å². The topological polar surface area (TPSA) is 127 Å². The molecule has 1 saturated heterocycles. The van der Waals surface area contributed by atoms with Gasteiger partial charge in [-0.1, -0.05) is 30.3 Å². The monoisotopic (exact) mass is 470 g/mol. The van der Waals surface area contributed by atoms with Gasteiger partial charge < -0.3 is 20.5 Å². The van der Waals surface area contributed by atoms with Crippen molar-refractivity contribution in [2.75, 3.05) is 36.9 Å². The Balaban J connectivity index is 1.59. The first kappa shape index (κ1) is 22.8. The van der Waals surface area contributed by atoms with Gasteiger partial charge in [0, 0.05) is 37.3 Å². The van der Waals surface area contributed by atoms with E-state index < -0.39 is 6.10 Å². The van der Waals surface area contributed by atoms with Gasteiger partial charge in [-0.3, -0.25) is 4.79 Å². The van der Waals surface area contributed by atoms with Crippen LogP contribution in [0, 0.1) is 0 Å². The van der Waals surface area contributed by atoms with Crippen LogP contribution in [0.1, 0.15) is 12.5 Å². The van der Waals surface area contributed by atoms with E-state index in [4.69, 9.17) is 20.4 Å². The molecule has 2 aromatic carbocycles. The number of anilines is 2. The van der Waals surface area contributed by atoms with Crippen molar-refractivity contribution in [3.63, 3.8) is 0 Å². The van der Waals surface area contributed by atoms with Crippen LogP contribution in [0.3, 0.4) is 0 Å². The van der Waals surface area contributed by atoms with Crippen molar-refractivity contribution in [2.45, 2.75) is 19.4 Å². The number of carbonyl (C=O) groups excluding carboxylic acids is 1. The summed E-state index contributed by atoms with van der Waals surface area (Å²) < 4.78 is 5.53. The van der Waals surface area contributed by atoms with Crippen LogP contribution in [0.25, 0.3) is 33.4 Å². The van der Waals surface area contributed by atoms with E-state index in [1.54, 1.807) is 12.4 Å². The lowest BCUT2D eigenvalue weighted by Crippen LogP contribution is -2.37. The molecule has 3 heterocycles. The highest BCUT2D eigenvalue weighted by atomic mass is 16.5. The van der Waals surface area contributed by atoms with E-state index in [9.17, 15) is 9.90 Å². The molecule has 5 rings (SSSR count). The maximum Gasteiger partial charge on any atom is 0.219 e. The number of aliphatic hydroxyl groups is 1. The van der Waals surface area contributed by atoms with E-state index in [0.717, 1.165) is 46.5 Å². The average molecular weight is 471 g/mol. The van der Waals surface area contributed by atoms with E-state index in [1.807, 2.05) is 42.5 Å². The van der Waals surface area contributed by atoms with Crippen LogP contribution in [0.2, 0.25) is 0 Å². The summed E-state index contributed by atoms with van der Waals surface area (Å²) >= 11 is 0. The molecule has 1 aliphatic heterocycles. The fourth-order valence-electron chi connectivity index (χ4n) is 4.10. The summed E-state index contributed by atoms with van der Waals surface area (Å²) in [7, 11) is 0. The van der Waals surface area contributed by atoms with Crippen LogP contribution < -0.4 is 10.6 Å². The van der Waals surface area contributed by atoms with Gasteiger partial charge in [0.05, 0.1) is 24.3 Å². The second-order valence-corrected chi connectivity index (χ2v) is 8.55. The molecule has 35 heavy (non-hydrogen) atoms. The minimum atomic E-state index is -0.981. The predicted octanol–water partition coefficient (Wildman–Crippen LogP) is 2.67. The SMILES string of the molecule is C[C@H](O)C(=O)Cc1cccc(-c2ccc3c(N4CCOCC4)nc(-c4cnc(N)nc4)nc3c2)c1. The molecule has 1 fully saturated rings. The second-order valence-electron chi connectivity index (χ2n) is 8.55. The Bertz CT molecular complexity index is 1370. The molecule has 9 nitrogen and oxygen atoms in total. The minimum absolute atomic E-state index is 0.184. The standard InChI is InChI=1S/C26H26N6O3/c1-16(33)23(34)12-17-3-2-4-18(11-17)19-5-6-21-22(13-19)30-24(20-14-28-26(27)29-15-20)31-25(21)32-7-9-35-10-8-32/h2-6,11,13-16,33H,7-10,12H2,1H3,(H2,27,28,29)/t16-/m0/s1. The highest BCUT2D eigenvalue weighted by molar-refractivity contribution is 5.94. The molecule has 0 aliphatic carbocycles. The zero-order chi connectivity index (χ0) is 24.4. The number of benzene rings is 2. The summed E-state index contributed by atoms with van der Waals surface area (Å²) in [5, 5.41) is 10.5. The highest BCUT2D eigenvalue weighted by Gasteiger charge is 2.19. The summed E-state index contributed by atoms with van der Waals surface area (Å²) in [4.78, 5) is 32.1. The molecule has 0 unspecified atom stereocenters. The van der Waals surface area contributed by atoms with Gasteiger partial charge in [0.1, 0.15) is 11.9 Å². The van der Waals surface area contributed by atoms with E-state index >= 15 is 0 Å². The fraction of sp³-hybridized carbons (Fsp3) is 0.269.